The predicted octanol–water partition coefficient (Wildman–Crippen LogP) is 1.75. The van der Waals surface area contributed by atoms with Gasteiger partial charge in [0, 0.05) is 20.2 Å². The van der Waals surface area contributed by atoms with Gasteiger partial charge in [-0.1, -0.05) is 6.07 Å². The molecule has 0 aliphatic heterocycles. The maximum absolute atomic E-state index is 10.1. The van der Waals surface area contributed by atoms with Crippen molar-refractivity contribution < 1.29 is 19.3 Å². The van der Waals surface area contributed by atoms with E-state index in [2.05, 4.69) is 5.32 Å². The molecule has 0 saturated carbocycles. The number of nitrogens with one attached hydrogen (secondary N) is 1. The zero-order valence-electron chi connectivity index (χ0n) is 12.5. The molecule has 20 heavy (non-hydrogen) atoms. The molecule has 0 fully saturated rings. The number of aliphatic hydroxyl groups is 1. The van der Waals surface area contributed by atoms with Crippen molar-refractivity contribution in [1.82, 2.24) is 5.32 Å². The fourth-order valence-corrected chi connectivity index (χ4v) is 1.81. The quantitative estimate of drug-likeness (QED) is 0.641. The molecule has 0 bridgehead atoms. The van der Waals surface area contributed by atoms with Crippen molar-refractivity contribution >= 4 is 0 Å². The van der Waals surface area contributed by atoms with Gasteiger partial charge < -0.3 is 24.6 Å². The first kappa shape index (κ1) is 16.8. The average Bonchev–Trinajstić information content (AvgIpc) is 2.45. The highest BCUT2D eigenvalue weighted by atomic mass is 16.5. The second kappa shape index (κ2) is 9.58. The fourth-order valence-electron chi connectivity index (χ4n) is 1.81. The summed E-state index contributed by atoms with van der Waals surface area (Å²) in [6.07, 6.45) is -0.582. The molecule has 114 valence electrons. The fraction of sp³-hybridized carbons (Fsp3) is 0.600. The number of methoxy groups -OCH3 is 1. The number of ether oxygens (including phenoxy) is 3. The summed E-state index contributed by atoms with van der Waals surface area (Å²) in [4.78, 5) is 0. The Morgan fingerprint density at radius 1 is 1.15 bits per heavy atom. The summed E-state index contributed by atoms with van der Waals surface area (Å²) in [5.74, 6) is 1.38. The van der Waals surface area contributed by atoms with E-state index in [1.54, 1.807) is 7.11 Å². The van der Waals surface area contributed by atoms with Crippen LogP contribution in [0.15, 0.2) is 18.2 Å². The second-order valence-electron chi connectivity index (χ2n) is 4.28. The third-order valence-corrected chi connectivity index (χ3v) is 2.77. The molecular formula is C15H25NO4. The number of hydrogen-bond acceptors (Lipinski definition) is 5. The normalized spacial score (nSPS) is 12.2. The van der Waals surface area contributed by atoms with Crippen molar-refractivity contribution in [3.63, 3.8) is 0 Å². The van der Waals surface area contributed by atoms with Gasteiger partial charge in [-0.25, -0.2) is 0 Å². The van der Waals surface area contributed by atoms with Gasteiger partial charge >= 0.3 is 0 Å². The lowest BCUT2D eigenvalue weighted by Gasteiger charge is -2.16. The molecule has 2 N–H and O–H groups in total. The molecule has 1 rings (SSSR count). The summed E-state index contributed by atoms with van der Waals surface area (Å²) in [5, 5.41) is 13.3. The number of rotatable bonds is 10. The largest absolute Gasteiger partial charge is 0.490 e. The topological polar surface area (TPSA) is 60.0 Å². The summed E-state index contributed by atoms with van der Waals surface area (Å²) in [7, 11) is 1.65. The zero-order chi connectivity index (χ0) is 14.8. The first-order valence-corrected chi connectivity index (χ1v) is 7.00. The van der Waals surface area contributed by atoms with Crippen LogP contribution in [-0.4, -0.2) is 45.1 Å². The van der Waals surface area contributed by atoms with Crippen LogP contribution >= 0.6 is 0 Å². The summed E-state index contributed by atoms with van der Waals surface area (Å²) in [6, 6.07) is 5.52. The number of benzene rings is 1. The van der Waals surface area contributed by atoms with Crippen LogP contribution < -0.4 is 14.8 Å². The summed E-state index contributed by atoms with van der Waals surface area (Å²) < 4.78 is 16.0. The molecule has 0 radical (unpaired) electrons. The van der Waals surface area contributed by atoms with Gasteiger partial charge in [-0.3, -0.25) is 0 Å². The standard InChI is InChI=1S/C15H25NO4/c1-4-19-14-7-6-12(10-15(14)20-5-2)13(17)11-16-8-9-18-3/h6-7,10,13,16-17H,4-5,8-9,11H2,1-3H3. The second-order valence-corrected chi connectivity index (χ2v) is 4.28. The Labute approximate surface area is 120 Å². The van der Waals surface area contributed by atoms with Crippen molar-refractivity contribution in [2.45, 2.75) is 20.0 Å². The maximum atomic E-state index is 10.1. The number of hydrogen-bond donors (Lipinski definition) is 2. The molecule has 0 aromatic heterocycles. The van der Waals surface area contributed by atoms with Crippen LogP contribution in [0.2, 0.25) is 0 Å². The lowest BCUT2D eigenvalue weighted by atomic mass is 10.1. The van der Waals surface area contributed by atoms with Crippen LogP contribution in [0.5, 0.6) is 11.5 Å². The van der Waals surface area contributed by atoms with Crippen LogP contribution in [0.3, 0.4) is 0 Å². The first-order chi connectivity index (χ1) is 9.72. The van der Waals surface area contributed by atoms with E-state index in [1.807, 2.05) is 32.0 Å². The molecular weight excluding hydrogens is 258 g/mol. The number of aliphatic hydroxyl groups excluding tert-OH is 1. The van der Waals surface area contributed by atoms with Crippen LogP contribution in [-0.2, 0) is 4.74 Å². The van der Waals surface area contributed by atoms with Crippen LogP contribution in [0.1, 0.15) is 25.5 Å². The minimum atomic E-state index is -0.582. The Bertz CT molecular complexity index is 384. The minimum Gasteiger partial charge on any atom is -0.490 e. The van der Waals surface area contributed by atoms with Gasteiger partial charge in [0.2, 0.25) is 0 Å². The van der Waals surface area contributed by atoms with Crippen molar-refractivity contribution in [1.29, 1.82) is 0 Å². The summed E-state index contributed by atoms with van der Waals surface area (Å²) in [5.41, 5.74) is 0.807. The van der Waals surface area contributed by atoms with E-state index >= 15 is 0 Å². The Morgan fingerprint density at radius 3 is 2.50 bits per heavy atom. The van der Waals surface area contributed by atoms with Gasteiger partial charge in [0.1, 0.15) is 0 Å². The Balaban J connectivity index is 2.66. The molecule has 0 aliphatic carbocycles. The van der Waals surface area contributed by atoms with Gasteiger partial charge in [-0.15, -0.1) is 0 Å². The lowest BCUT2D eigenvalue weighted by Crippen LogP contribution is -2.25. The molecule has 1 unspecified atom stereocenters. The maximum Gasteiger partial charge on any atom is 0.161 e. The molecule has 0 amide bonds. The van der Waals surface area contributed by atoms with Gasteiger partial charge in [0.15, 0.2) is 11.5 Å². The monoisotopic (exact) mass is 283 g/mol. The molecule has 1 atom stereocenters. The van der Waals surface area contributed by atoms with E-state index < -0.39 is 6.10 Å². The van der Waals surface area contributed by atoms with Gasteiger partial charge in [-0.05, 0) is 31.5 Å². The molecule has 0 spiro atoms. The third kappa shape index (κ3) is 5.36. The molecule has 0 heterocycles. The predicted molar refractivity (Wildman–Crippen MR) is 78.5 cm³/mol. The minimum absolute atomic E-state index is 0.475. The van der Waals surface area contributed by atoms with Gasteiger partial charge in [0.05, 0.1) is 25.9 Å². The van der Waals surface area contributed by atoms with Crippen molar-refractivity contribution in [2.75, 3.05) is 40.0 Å². The first-order valence-electron chi connectivity index (χ1n) is 7.00. The zero-order valence-corrected chi connectivity index (χ0v) is 12.5. The van der Waals surface area contributed by atoms with E-state index in [0.717, 1.165) is 5.56 Å². The molecule has 0 saturated heterocycles. The van der Waals surface area contributed by atoms with Crippen molar-refractivity contribution in [2.24, 2.45) is 0 Å². The lowest BCUT2D eigenvalue weighted by molar-refractivity contribution is 0.161. The van der Waals surface area contributed by atoms with Crippen LogP contribution in [0, 0.1) is 0 Å². The van der Waals surface area contributed by atoms with Crippen LogP contribution in [0.25, 0.3) is 0 Å². The average molecular weight is 283 g/mol. The Kier molecular flexibility index (Phi) is 8.02. The Morgan fingerprint density at radius 2 is 1.85 bits per heavy atom. The van der Waals surface area contributed by atoms with Gasteiger partial charge in [0.25, 0.3) is 0 Å². The highest BCUT2D eigenvalue weighted by Gasteiger charge is 2.12. The molecule has 5 nitrogen and oxygen atoms in total. The van der Waals surface area contributed by atoms with E-state index in [1.165, 1.54) is 0 Å². The highest BCUT2D eigenvalue weighted by Crippen LogP contribution is 2.30. The van der Waals surface area contributed by atoms with Crippen molar-refractivity contribution in [3.05, 3.63) is 23.8 Å². The highest BCUT2D eigenvalue weighted by molar-refractivity contribution is 5.43. The van der Waals surface area contributed by atoms with Gasteiger partial charge in [-0.2, -0.15) is 0 Å². The molecule has 1 aromatic carbocycles. The van der Waals surface area contributed by atoms with E-state index in [-0.39, 0.29) is 0 Å². The van der Waals surface area contributed by atoms with E-state index in [9.17, 15) is 5.11 Å². The third-order valence-electron chi connectivity index (χ3n) is 2.77. The Hall–Kier alpha value is -1.30. The van der Waals surface area contributed by atoms with Crippen molar-refractivity contribution in [3.8, 4) is 11.5 Å². The summed E-state index contributed by atoms with van der Waals surface area (Å²) >= 11 is 0. The van der Waals surface area contributed by atoms with Crippen LogP contribution in [0.4, 0.5) is 0 Å². The summed E-state index contributed by atoms with van der Waals surface area (Å²) in [6.45, 7) is 6.81. The van der Waals surface area contributed by atoms with E-state index in [4.69, 9.17) is 14.2 Å². The molecule has 5 heteroatoms. The molecule has 1 aromatic rings. The SMILES string of the molecule is CCOc1ccc(C(O)CNCCOC)cc1OCC. The molecule has 0 aliphatic rings. The smallest absolute Gasteiger partial charge is 0.161 e. The van der Waals surface area contributed by atoms with E-state index in [0.29, 0.717) is 44.4 Å².